The van der Waals surface area contributed by atoms with Crippen molar-refractivity contribution in [3.05, 3.63) is 18.2 Å². The Kier molecular flexibility index (Phi) is 7.61. The van der Waals surface area contributed by atoms with Gasteiger partial charge < -0.3 is 20.1 Å². The van der Waals surface area contributed by atoms with Crippen molar-refractivity contribution >= 4 is 11.6 Å². The Labute approximate surface area is 127 Å². The van der Waals surface area contributed by atoms with Crippen LogP contribution in [0.4, 0.5) is 5.69 Å². The van der Waals surface area contributed by atoms with Gasteiger partial charge in [0.05, 0.1) is 19.9 Å². The summed E-state index contributed by atoms with van der Waals surface area (Å²) in [5.41, 5.74) is 0.657. The summed E-state index contributed by atoms with van der Waals surface area (Å²) in [6.07, 6.45) is 2.70. The normalized spacial score (nSPS) is 11.8. The molecule has 1 atom stereocenters. The van der Waals surface area contributed by atoms with Crippen LogP contribution in [0.25, 0.3) is 0 Å². The summed E-state index contributed by atoms with van der Waals surface area (Å²) in [5.74, 6) is 1.25. The Morgan fingerprint density at radius 3 is 2.67 bits per heavy atom. The molecule has 0 saturated carbocycles. The maximum atomic E-state index is 12.0. The van der Waals surface area contributed by atoms with Crippen LogP contribution in [0.5, 0.6) is 11.5 Å². The molecule has 21 heavy (non-hydrogen) atoms. The van der Waals surface area contributed by atoms with Crippen LogP contribution < -0.4 is 20.1 Å². The number of methoxy groups -OCH3 is 2. The predicted octanol–water partition coefficient (Wildman–Crippen LogP) is 2.81. The zero-order valence-electron chi connectivity index (χ0n) is 13.4. The average Bonchev–Trinajstić information content (AvgIpc) is 2.47. The van der Waals surface area contributed by atoms with E-state index in [1.54, 1.807) is 32.4 Å². The molecule has 1 amide bonds. The fourth-order valence-corrected chi connectivity index (χ4v) is 1.98. The van der Waals surface area contributed by atoms with Crippen LogP contribution in [-0.4, -0.2) is 32.7 Å². The number of carbonyl (C=O) groups excluding carboxylic acids is 1. The highest BCUT2D eigenvalue weighted by molar-refractivity contribution is 5.92. The van der Waals surface area contributed by atoms with Gasteiger partial charge in [0.25, 0.3) is 0 Å². The van der Waals surface area contributed by atoms with Gasteiger partial charge >= 0.3 is 0 Å². The molecule has 0 aliphatic heterocycles. The molecule has 0 aliphatic carbocycles. The maximum Gasteiger partial charge on any atom is 0.226 e. The van der Waals surface area contributed by atoms with E-state index >= 15 is 0 Å². The summed E-state index contributed by atoms with van der Waals surface area (Å²) < 4.78 is 10.4. The number of nitrogens with one attached hydrogen (secondary N) is 2. The Morgan fingerprint density at radius 2 is 2.05 bits per heavy atom. The molecule has 2 N–H and O–H groups in total. The van der Waals surface area contributed by atoms with Crippen LogP contribution in [0.1, 0.15) is 33.1 Å². The van der Waals surface area contributed by atoms with Crippen LogP contribution in [-0.2, 0) is 4.79 Å². The van der Waals surface area contributed by atoms with Crippen molar-refractivity contribution in [2.75, 3.05) is 26.1 Å². The second-order valence-corrected chi connectivity index (χ2v) is 5.03. The lowest BCUT2D eigenvalue weighted by atomic mass is 10.2. The molecular formula is C16H26N2O3. The first kappa shape index (κ1) is 17.3. The van der Waals surface area contributed by atoms with Gasteiger partial charge in [-0.05, 0) is 32.0 Å². The van der Waals surface area contributed by atoms with Crippen molar-refractivity contribution < 1.29 is 14.3 Å². The third-order valence-electron chi connectivity index (χ3n) is 3.20. The molecular weight excluding hydrogens is 268 g/mol. The Morgan fingerprint density at radius 1 is 1.29 bits per heavy atom. The fourth-order valence-electron chi connectivity index (χ4n) is 1.98. The zero-order valence-corrected chi connectivity index (χ0v) is 13.4. The van der Waals surface area contributed by atoms with Gasteiger partial charge in [-0.25, -0.2) is 0 Å². The number of hydrogen-bond acceptors (Lipinski definition) is 4. The number of benzene rings is 1. The monoisotopic (exact) mass is 294 g/mol. The van der Waals surface area contributed by atoms with Gasteiger partial charge in [-0.1, -0.05) is 13.3 Å². The summed E-state index contributed by atoms with van der Waals surface area (Å²) in [5, 5.41) is 6.21. The van der Waals surface area contributed by atoms with Gasteiger partial charge in [0.15, 0.2) is 0 Å². The van der Waals surface area contributed by atoms with E-state index in [1.165, 1.54) is 0 Å². The van der Waals surface area contributed by atoms with Crippen LogP contribution in [0, 0.1) is 0 Å². The van der Waals surface area contributed by atoms with Gasteiger partial charge in [-0.15, -0.1) is 0 Å². The number of unbranched alkanes of at least 4 members (excludes halogenated alkanes) is 1. The van der Waals surface area contributed by atoms with Crippen LogP contribution in [0.2, 0.25) is 0 Å². The Bertz CT molecular complexity index is 449. The zero-order chi connectivity index (χ0) is 15.7. The molecule has 0 spiro atoms. The highest BCUT2D eigenvalue weighted by atomic mass is 16.5. The van der Waals surface area contributed by atoms with E-state index in [4.69, 9.17) is 9.47 Å². The highest BCUT2D eigenvalue weighted by Crippen LogP contribution is 2.29. The molecule has 0 radical (unpaired) electrons. The second kappa shape index (κ2) is 9.23. The molecule has 1 unspecified atom stereocenters. The molecule has 0 aliphatic rings. The Hall–Kier alpha value is -1.75. The van der Waals surface area contributed by atoms with Gasteiger partial charge in [0, 0.05) is 18.5 Å². The van der Waals surface area contributed by atoms with Gasteiger partial charge in [-0.3, -0.25) is 4.79 Å². The molecule has 0 bridgehead atoms. The molecule has 0 aromatic heterocycles. The minimum atomic E-state index is -0.0324. The summed E-state index contributed by atoms with van der Waals surface area (Å²) in [7, 11) is 3.16. The van der Waals surface area contributed by atoms with Gasteiger partial charge in [0.2, 0.25) is 5.91 Å². The quantitative estimate of drug-likeness (QED) is 0.688. The molecule has 0 heterocycles. The molecule has 0 saturated heterocycles. The van der Waals surface area contributed by atoms with Crippen LogP contribution in [0.3, 0.4) is 0 Å². The molecule has 5 heteroatoms. The summed E-state index contributed by atoms with van der Waals surface area (Å²) in [4.78, 5) is 12.0. The lowest BCUT2D eigenvalue weighted by Gasteiger charge is -2.15. The van der Waals surface area contributed by atoms with Crippen molar-refractivity contribution in [3.63, 3.8) is 0 Å². The lowest BCUT2D eigenvalue weighted by Crippen LogP contribution is -2.31. The average molecular weight is 294 g/mol. The topological polar surface area (TPSA) is 59.6 Å². The third kappa shape index (κ3) is 6.04. The largest absolute Gasteiger partial charge is 0.497 e. The van der Waals surface area contributed by atoms with E-state index in [-0.39, 0.29) is 11.9 Å². The first-order valence-corrected chi connectivity index (χ1v) is 7.36. The molecule has 1 aromatic carbocycles. The third-order valence-corrected chi connectivity index (χ3v) is 3.20. The van der Waals surface area contributed by atoms with E-state index in [9.17, 15) is 4.79 Å². The number of amides is 1. The minimum Gasteiger partial charge on any atom is -0.497 e. The molecule has 1 rings (SSSR count). The van der Waals surface area contributed by atoms with Crippen molar-refractivity contribution in [1.29, 1.82) is 0 Å². The smallest absolute Gasteiger partial charge is 0.226 e. The van der Waals surface area contributed by atoms with Gasteiger partial charge in [-0.2, -0.15) is 0 Å². The van der Waals surface area contributed by atoms with Crippen molar-refractivity contribution in [3.8, 4) is 11.5 Å². The van der Waals surface area contributed by atoms with Crippen molar-refractivity contribution in [2.45, 2.75) is 39.2 Å². The fraction of sp³-hybridized carbons (Fsp3) is 0.562. The molecule has 5 nitrogen and oxygen atoms in total. The SMILES string of the molecule is CCCCNC(C)CC(=O)Nc1ccc(OC)cc1OC. The maximum absolute atomic E-state index is 12.0. The number of anilines is 1. The van der Waals surface area contributed by atoms with E-state index in [0.29, 0.717) is 23.6 Å². The van der Waals surface area contributed by atoms with Crippen LogP contribution >= 0.6 is 0 Å². The summed E-state index contributed by atoms with van der Waals surface area (Å²) in [6, 6.07) is 5.48. The number of ether oxygens (including phenoxy) is 2. The van der Waals surface area contributed by atoms with E-state index in [0.717, 1.165) is 19.4 Å². The molecule has 118 valence electrons. The van der Waals surface area contributed by atoms with Crippen molar-refractivity contribution in [2.24, 2.45) is 0 Å². The van der Waals surface area contributed by atoms with E-state index < -0.39 is 0 Å². The first-order chi connectivity index (χ1) is 10.1. The lowest BCUT2D eigenvalue weighted by molar-refractivity contribution is -0.116. The standard InChI is InChI=1S/C16H26N2O3/c1-5-6-9-17-12(2)10-16(19)18-14-8-7-13(20-3)11-15(14)21-4/h7-8,11-12,17H,5-6,9-10H2,1-4H3,(H,18,19). The summed E-state index contributed by atoms with van der Waals surface area (Å²) in [6.45, 7) is 5.10. The summed E-state index contributed by atoms with van der Waals surface area (Å²) >= 11 is 0. The number of carbonyl (C=O) groups is 1. The molecule has 1 aromatic rings. The van der Waals surface area contributed by atoms with E-state index in [2.05, 4.69) is 17.6 Å². The highest BCUT2D eigenvalue weighted by Gasteiger charge is 2.12. The van der Waals surface area contributed by atoms with Crippen molar-refractivity contribution in [1.82, 2.24) is 5.32 Å². The second-order valence-electron chi connectivity index (χ2n) is 5.03. The molecule has 0 fully saturated rings. The number of rotatable bonds is 9. The Balaban J connectivity index is 2.54. The number of hydrogen-bond donors (Lipinski definition) is 2. The minimum absolute atomic E-state index is 0.0324. The van der Waals surface area contributed by atoms with Crippen LogP contribution in [0.15, 0.2) is 18.2 Å². The van der Waals surface area contributed by atoms with E-state index in [1.807, 2.05) is 6.92 Å². The predicted molar refractivity (Wildman–Crippen MR) is 85.2 cm³/mol. The van der Waals surface area contributed by atoms with Gasteiger partial charge in [0.1, 0.15) is 11.5 Å². The first-order valence-electron chi connectivity index (χ1n) is 7.36.